The van der Waals surface area contributed by atoms with Crippen LogP contribution in [0.25, 0.3) is 5.82 Å². The van der Waals surface area contributed by atoms with Gasteiger partial charge in [0.05, 0.1) is 11.9 Å². The molecule has 16 heavy (non-hydrogen) atoms. The summed E-state index contributed by atoms with van der Waals surface area (Å²) in [7, 11) is 4.10. The van der Waals surface area contributed by atoms with Gasteiger partial charge >= 0.3 is 0 Å². The average molecular weight is 216 g/mol. The van der Waals surface area contributed by atoms with Gasteiger partial charge in [0.2, 0.25) is 0 Å². The van der Waals surface area contributed by atoms with E-state index in [1.54, 1.807) is 6.20 Å². The Kier molecular flexibility index (Phi) is 2.92. The monoisotopic (exact) mass is 216 g/mol. The summed E-state index contributed by atoms with van der Waals surface area (Å²) in [5.74, 6) is 0.899. The van der Waals surface area contributed by atoms with Gasteiger partial charge in [-0.05, 0) is 38.4 Å². The van der Waals surface area contributed by atoms with Crippen molar-refractivity contribution in [3.8, 4) is 5.82 Å². The molecule has 0 radical (unpaired) electrons. The van der Waals surface area contributed by atoms with E-state index in [4.69, 9.17) is 5.73 Å². The van der Waals surface area contributed by atoms with Gasteiger partial charge in [0, 0.05) is 18.4 Å². The Morgan fingerprint density at radius 1 is 1.31 bits per heavy atom. The number of anilines is 1. The largest absolute Gasteiger partial charge is 0.397 e. The van der Waals surface area contributed by atoms with Crippen molar-refractivity contribution in [2.24, 2.45) is 0 Å². The topological polar surface area (TPSA) is 47.1 Å². The first kappa shape index (κ1) is 10.7. The van der Waals surface area contributed by atoms with Gasteiger partial charge in [-0.2, -0.15) is 0 Å². The molecule has 2 rings (SSSR count). The van der Waals surface area contributed by atoms with Crippen molar-refractivity contribution in [3.05, 3.63) is 42.4 Å². The van der Waals surface area contributed by atoms with Gasteiger partial charge in [0.25, 0.3) is 0 Å². The molecule has 0 aliphatic heterocycles. The van der Waals surface area contributed by atoms with Crippen molar-refractivity contribution in [2.75, 3.05) is 19.8 Å². The molecule has 2 N–H and O–H groups in total. The quantitative estimate of drug-likeness (QED) is 0.846. The van der Waals surface area contributed by atoms with Crippen LogP contribution in [0.3, 0.4) is 0 Å². The number of nitrogens with two attached hydrogens (primary N) is 1. The molecule has 0 aliphatic carbocycles. The summed E-state index contributed by atoms with van der Waals surface area (Å²) in [6.07, 6.45) is 3.69. The van der Waals surface area contributed by atoms with Crippen molar-refractivity contribution >= 4 is 5.69 Å². The second-order valence-corrected chi connectivity index (χ2v) is 4.06. The first-order valence-corrected chi connectivity index (χ1v) is 5.19. The minimum Gasteiger partial charge on any atom is -0.397 e. The minimum atomic E-state index is 0.685. The van der Waals surface area contributed by atoms with Crippen molar-refractivity contribution in [1.82, 2.24) is 14.5 Å². The lowest BCUT2D eigenvalue weighted by Gasteiger charge is -2.12. The third kappa shape index (κ3) is 2.23. The molecule has 2 aromatic rings. The van der Waals surface area contributed by atoms with E-state index in [1.807, 2.05) is 38.5 Å². The fourth-order valence-corrected chi connectivity index (χ4v) is 1.63. The van der Waals surface area contributed by atoms with Crippen LogP contribution in [-0.4, -0.2) is 28.5 Å². The van der Waals surface area contributed by atoms with Crippen LogP contribution in [0.4, 0.5) is 5.69 Å². The van der Waals surface area contributed by atoms with E-state index < -0.39 is 0 Å². The predicted molar refractivity (Wildman–Crippen MR) is 65.4 cm³/mol. The van der Waals surface area contributed by atoms with Gasteiger partial charge in [-0.15, -0.1) is 0 Å². The lowest BCUT2D eigenvalue weighted by atomic mass is 10.4. The molecule has 0 atom stereocenters. The Morgan fingerprint density at radius 2 is 2.12 bits per heavy atom. The van der Waals surface area contributed by atoms with Crippen molar-refractivity contribution in [2.45, 2.75) is 6.54 Å². The molecule has 0 amide bonds. The number of hydrogen-bond donors (Lipinski definition) is 1. The molecule has 4 nitrogen and oxygen atoms in total. The average Bonchev–Trinajstić information content (AvgIpc) is 2.66. The normalized spacial score (nSPS) is 10.9. The number of nitrogen functional groups attached to an aromatic ring is 1. The fraction of sp³-hybridized carbons (Fsp3) is 0.250. The summed E-state index contributed by atoms with van der Waals surface area (Å²) >= 11 is 0. The molecular formula is C12H16N4. The number of hydrogen-bond acceptors (Lipinski definition) is 3. The Morgan fingerprint density at radius 3 is 2.75 bits per heavy atom. The maximum atomic E-state index is 5.62. The van der Waals surface area contributed by atoms with Gasteiger partial charge in [0.1, 0.15) is 5.82 Å². The zero-order valence-corrected chi connectivity index (χ0v) is 9.59. The van der Waals surface area contributed by atoms with Crippen LogP contribution in [0.5, 0.6) is 0 Å². The molecule has 0 saturated carbocycles. The maximum Gasteiger partial charge on any atom is 0.136 e. The van der Waals surface area contributed by atoms with Gasteiger partial charge in [-0.1, -0.05) is 0 Å². The minimum absolute atomic E-state index is 0.685. The highest BCUT2D eigenvalue weighted by Crippen LogP contribution is 2.12. The summed E-state index contributed by atoms with van der Waals surface area (Å²) in [6.45, 7) is 0.888. The fourth-order valence-electron chi connectivity index (χ4n) is 1.63. The lowest BCUT2D eigenvalue weighted by Crippen LogP contribution is -2.14. The molecule has 2 aromatic heterocycles. The molecular weight excluding hydrogens is 200 g/mol. The molecule has 4 heteroatoms. The second-order valence-electron chi connectivity index (χ2n) is 4.06. The Balaban J connectivity index is 2.33. The molecule has 0 aliphatic rings. The van der Waals surface area contributed by atoms with E-state index in [0.717, 1.165) is 12.4 Å². The van der Waals surface area contributed by atoms with Crippen LogP contribution in [0.2, 0.25) is 0 Å². The van der Waals surface area contributed by atoms with Gasteiger partial charge in [-0.25, -0.2) is 4.98 Å². The third-order valence-electron chi connectivity index (χ3n) is 2.33. The predicted octanol–water partition coefficient (Wildman–Crippen LogP) is 1.52. The zero-order valence-electron chi connectivity index (χ0n) is 9.59. The van der Waals surface area contributed by atoms with E-state index in [9.17, 15) is 0 Å². The molecule has 2 heterocycles. The van der Waals surface area contributed by atoms with E-state index >= 15 is 0 Å². The summed E-state index contributed by atoms with van der Waals surface area (Å²) < 4.78 is 2.07. The van der Waals surface area contributed by atoms with E-state index in [-0.39, 0.29) is 0 Å². The molecule has 0 spiro atoms. The van der Waals surface area contributed by atoms with Gasteiger partial charge < -0.3 is 15.2 Å². The molecule has 84 valence electrons. The molecule has 0 bridgehead atoms. The molecule has 0 aromatic carbocycles. The highest BCUT2D eigenvalue weighted by Gasteiger charge is 2.04. The van der Waals surface area contributed by atoms with Crippen LogP contribution in [-0.2, 0) is 6.54 Å². The summed E-state index contributed by atoms with van der Waals surface area (Å²) in [4.78, 5) is 6.44. The van der Waals surface area contributed by atoms with Crippen LogP contribution in [0.1, 0.15) is 5.69 Å². The zero-order chi connectivity index (χ0) is 11.5. The van der Waals surface area contributed by atoms with Crippen molar-refractivity contribution in [3.63, 3.8) is 0 Å². The van der Waals surface area contributed by atoms with Crippen LogP contribution >= 0.6 is 0 Å². The van der Waals surface area contributed by atoms with Gasteiger partial charge in [0.15, 0.2) is 0 Å². The maximum absolute atomic E-state index is 5.62. The summed E-state index contributed by atoms with van der Waals surface area (Å²) in [5.41, 5.74) is 7.51. The number of pyridine rings is 1. The van der Waals surface area contributed by atoms with E-state index in [0.29, 0.717) is 5.69 Å². The lowest BCUT2D eigenvalue weighted by molar-refractivity contribution is 0.394. The summed E-state index contributed by atoms with van der Waals surface area (Å²) in [5, 5.41) is 0. The molecule has 0 fully saturated rings. The molecule has 0 unspecified atom stereocenters. The third-order valence-corrected chi connectivity index (χ3v) is 2.33. The first-order valence-electron chi connectivity index (χ1n) is 5.19. The van der Waals surface area contributed by atoms with E-state index in [2.05, 4.69) is 20.5 Å². The highest BCUT2D eigenvalue weighted by molar-refractivity contribution is 5.39. The highest BCUT2D eigenvalue weighted by atomic mass is 15.1. The Hall–Kier alpha value is -1.81. The Labute approximate surface area is 95.3 Å². The van der Waals surface area contributed by atoms with Crippen LogP contribution in [0.15, 0.2) is 36.7 Å². The second kappa shape index (κ2) is 4.37. The van der Waals surface area contributed by atoms with Crippen molar-refractivity contribution < 1.29 is 0 Å². The van der Waals surface area contributed by atoms with Crippen LogP contribution in [0, 0.1) is 0 Å². The van der Waals surface area contributed by atoms with Crippen molar-refractivity contribution in [1.29, 1.82) is 0 Å². The smallest absolute Gasteiger partial charge is 0.136 e. The SMILES string of the molecule is CN(C)Cc1cccn1-c1ccc(N)cn1. The van der Waals surface area contributed by atoms with Crippen LogP contribution < -0.4 is 5.73 Å². The Bertz CT molecular complexity index is 456. The van der Waals surface area contributed by atoms with E-state index in [1.165, 1.54) is 5.69 Å². The number of aromatic nitrogens is 2. The summed E-state index contributed by atoms with van der Waals surface area (Å²) in [6, 6.07) is 7.91. The number of rotatable bonds is 3. The standard InChI is InChI=1S/C12H16N4/c1-15(2)9-11-4-3-7-16(11)12-6-5-10(13)8-14-12/h3-8H,9,13H2,1-2H3. The number of nitrogens with zero attached hydrogens (tertiary/aromatic N) is 3. The van der Waals surface area contributed by atoms with Gasteiger partial charge in [-0.3, -0.25) is 0 Å². The molecule has 0 saturated heterocycles. The first-order chi connectivity index (χ1) is 7.66.